The highest BCUT2D eigenvalue weighted by Crippen LogP contribution is 2.45. The highest BCUT2D eigenvalue weighted by molar-refractivity contribution is 6.54. The molecule has 208 valence electrons. The van der Waals surface area contributed by atoms with Gasteiger partial charge in [-0.2, -0.15) is 18.3 Å². The number of aryl methyl sites for hydroxylation is 2. The Morgan fingerprint density at radius 1 is 0.927 bits per heavy atom. The number of carboxylic acid groups (broad SMARTS) is 1. The molecule has 0 bridgehead atoms. The molecule has 0 aromatic heterocycles. The molecule has 1 amide bonds. The Morgan fingerprint density at radius 2 is 1.61 bits per heavy atom. The predicted molar refractivity (Wildman–Crippen MR) is 146 cm³/mol. The number of alkyl halides is 3. The average Bonchev–Trinajstić information content (AvgIpc) is 3.24. The van der Waals surface area contributed by atoms with Crippen LogP contribution in [-0.4, -0.2) is 27.8 Å². The zero-order valence-corrected chi connectivity index (χ0v) is 21.5. The number of para-hydroxylation sites is 1. The number of hydrogen-bond donors (Lipinski definition) is 4. The van der Waals surface area contributed by atoms with Crippen molar-refractivity contribution in [2.75, 3.05) is 10.7 Å². The van der Waals surface area contributed by atoms with E-state index in [4.69, 9.17) is 0 Å². The summed E-state index contributed by atoms with van der Waals surface area (Å²) in [4.78, 5) is 24.3. The topological polar surface area (TPSA) is 111 Å². The van der Waals surface area contributed by atoms with Crippen LogP contribution in [0.3, 0.4) is 0 Å². The molecule has 0 saturated carbocycles. The summed E-state index contributed by atoms with van der Waals surface area (Å²) in [5.74, 6) is -2.75. The number of amides is 1. The number of phenolic OH excluding ortho intramolecular Hbond substituents is 1. The van der Waals surface area contributed by atoms with E-state index in [1.54, 1.807) is 18.2 Å². The first-order chi connectivity index (χ1) is 19.4. The van der Waals surface area contributed by atoms with Crippen molar-refractivity contribution < 1.29 is 37.4 Å². The van der Waals surface area contributed by atoms with E-state index in [9.17, 15) is 37.4 Å². The fraction of sp³-hybridized carbons (Fsp3) is 0.100. The van der Waals surface area contributed by atoms with Crippen molar-refractivity contribution in [1.82, 2.24) is 0 Å². The van der Waals surface area contributed by atoms with Crippen LogP contribution in [-0.2, 0) is 11.0 Å². The SMILES string of the molecule is Cc1cc(-c2c(C(F)(F)F)ccc3c2NC(=O)C3=NNc2cccc(-c3cccc(C(=O)O)c3)c2O)cc(C)c1F. The lowest BCUT2D eigenvalue weighted by Crippen LogP contribution is -2.16. The lowest BCUT2D eigenvalue weighted by molar-refractivity contribution is -0.137. The van der Waals surface area contributed by atoms with Crippen LogP contribution >= 0.6 is 0 Å². The summed E-state index contributed by atoms with van der Waals surface area (Å²) in [5.41, 5.74) is 2.14. The summed E-state index contributed by atoms with van der Waals surface area (Å²) in [5, 5.41) is 26.7. The van der Waals surface area contributed by atoms with Crippen molar-refractivity contribution in [3.05, 3.63) is 100 Å². The van der Waals surface area contributed by atoms with Gasteiger partial charge in [0.25, 0.3) is 5.91 Å². The molecule has 7 nitrogen and oxygen atoms in total. The zero-order chi connectivity index (χ0) is 29.6. The first-order valence-corrected chi connectivity index (χ1v) is 12.2. The number of aromatic carboxylic acids is 1. The van der Waals surface area contributed by atoms with Gasteiger partial charge in [-0.1, -0.05) is 24.3 Å². The third-order valence-electron chi connectivity index (χ3n) is 6.69. The van der Waals surface area contributed by atoms with Gasteiger partial charge in [-0.15, -0.1) is 0 Å². The maximum absolute atomic E-state index is 14.3. The Hall–Kier alpha value is -5.19. The summed E-state index contributed by atoms with van der Waals surface area (Å²) < 4.78 is 56.4. The van der Waals surface area contributed by atoms with E-state index in [0.29, 0.717) is 5.56 Å². The van der Waals surface area contributed by atoms with Crippen LogP contribution in [0.4, 0.5) is 28.9 Å². The Balaban J connectivity index is 1.58. The smallest absolute Gasteiger partial charge is 0.417 e. The third kappa shape index (κ3) is 4.97. The number of halogens is 4. The number of fused-ring (bicyclic) bond motifs is 1. The number of carbonyl (C=O) groups is 2. The predicted octanol–water partition coefficient (Wildman–Crippen LogP) is 6.97. The Bertz CT molecular complexity index is 1760. The van der Waals surface area contributed by atoms with Gasteiger partial charge in [-0.3, -0.25) is 10.2 Å². The van der Waals surface area contributed by atoms with Gasteiger partial charge in [0, 0.05) is 16.7 Å². The molecular formula is C30H21F4N3O4. The molecule has 11 heteroatoms. The molecule has 0 unspecified atom stereocenters. The van der Waals surface area contributed by atoms with Gasteiger partial charge in [0.1, 0.15) is 11.6 Å². The molecule has 41 heavy (non-hydrogen) atoms. The van der Waals surface area contributed by atoms with E-state index in [1.807, 2.05) is 0 Å². The first-order valence-electron chi connectivity index (χ1n) is 12.2. The summed E-state index contributed by atoms with van der Waals surface area (Å²) in [6.45, 7) is 2.88. The van der Waals surface area contributed by atoms with Crippen molar-refractivity contribution in [3.63, 3.8) is 0 Å². The molecule has 0 atom stereocenters. The van der Waals surface area contributed by atoms with Gasteiger partial charge in [-0.25, -0.2) is 9.18 Å². The van der Waals surface area contributed by atoms with Crippen molar-refractivity contribution in [2.24, 2.45) is 5.10 Å². The average molecular weight is 564 g/mol. The van der Waals surface area contributed by atoms with Gasteiger partial charge in [-0.05, 0) is 78.6 Å². The van der Waals surface area contributed by atoms with Crippen LogP contribution in [0.5, 0.6) is 5.75 Å². The largest absolute Gasteiger partial charge is 0.505 e. The maximum atomic E-state index is 14.3. The molecule has 5 rings (SSSR count). The number of carbonyl (C=O) groups excluding carboxylic acids is 1. The van der Waals surface area contributed by atoms with Crippen molar-refractivity contribution in [2.45, 2.75) is 20.0 Å². The number of aromatic hydroxyl groups is 1. The standard InChI is InChI=1S/C30H21F4N3O4/c1-14-11-18(12-15(2)24(14)31)23-21(30(32,33)34)10-9-20-25(23)35-28(39)26(20)37-36-22-8-4-7-19(27(22)38)16-5-3-6-17(13-16)29(40)41/h3-13,36,38H,1-2H3,(H,40,41)(H,35,37,39). The van der Waals surface area contributed by atoms with Gasteiger partial charge in [0.05, 0.1) is 22.5 Å². The normalized spacial score (nSPS) is 13.7. The lowest BCUT2D eigenvalue weighted by atomic mass is 9.92. The molecular weight excluding hydrogens is 542 g/mol. The number of hydrogen-bond acceptors (Lipinski definition) is 5. The number of nitrogens with zero attached hydrogens (tertiary/aromatic N) is 1. The summed E-state index contributed by atoms with van der Waals surface area (Å²) in [6, 6.07) is 15.0. The van der Waals surface area contributed by atoms with Crippen LogP contribution < -0.4 is 10.7 Å². The Labute approximate surface area is 230 Å². The van der Waals surface area contributed by atoms with Gasteiger partial charge < -0.3 is 15.5 Å². The van der Waals surface area contributed by atoms with Crippen LogP contribution in [0.15, 0.2) is 71.8 Å². The second kappa shape index (κ2) is 10.1. The number of rotatable bonds is 5. The summed E-state index contributed by atoms with van der Waals surface area (Å²) >= 11 is 0. The lowest BCUT2D eigenvalue weighted by Gasteiger charge is -2.18. The molecule has 4 N–H and O–H groups in total. The number of carboxylic acids is 1. The number of benzene rings is 4. The highest BCUT2D eigenvalue weighted by Gasteiger charge is 2.39. The Morgan fingerprint density at radius 3 is 2.27 bits per heavy atom. The van der Waals surface area contributed by atoms with Gasteiger partial charge in [0.15, 0.2) is 5.71 Å². The molecule has 1 aliphatic heterocycles. The van der Waals surface area contributed by atoms with E-state index >= 15 is 0 Å². The zero-order valence-electron chi connectivity index (χ0n) is 21.5. The van der Waals surface area contributed by atoms with E-state index in [0.717, 1.165) is 12.1 Å². The quantitative estimate of drug-likeness (QED) is 0.119. The maximum Gasteiger partial charge on any atom is 0.417 e. The van der Waals surface area contributed by atoms with Crippen LogP contribution in [0.1, 0.15) is 32.6 Å². The van der Waals surface area contributed by atoms with E-state index < -0.39 is 29.4 Å². The minimum atomic E-state index is -4.77. The van der Waals surface area contributed by atoms with Gasteiger partial charge >= 0.3 is 12.1 Å². The summed E-state index contributed by atoms with van der Waals surface area (Å²) in [6.07, 6.45) is -4.77. The second-order valence-corrected chi connectivity index (χ2v) is 9.45. The van der Waals surface area contributed by atoms with Crippen LogP contribution in [0.25, 0.3) is 22.3 Å². The Kier molecular flexibility index (Phi) is 6.74. The molecule has 4 aromatic rings. The van der Waals surface area contributed by atoms with Gasteiger partial charge in [0.2, 0.25) is 0 Å². The van der Waals surface area contributed by atoms with Crippen molar-refractivity contribution >= 4 is 29.0 Å². The van der Waals surface area contributed by atoms with Crippen molar-refractivity contribution in [3.8, 4) is 28.0 Å². The molecule has 0 radical (unpaired) electrons. The third-order valence-corrected chi connectivity index (χ3v) is 6.69. The number of phenols is 1. The van der Waals surface area contributed by atoms with E-state index in [1.165, 1.54) is 50.2 Å². The second-order valence-electron chi connectivity index (χ2n) is 9.45. The number of nitrogens with one attached hydrogen (secondary N) is 2. The monoisotopic (exact) mass is 563 g/mol. The molecule has 0 spiro atoms. The van der Waals surface area contributed by atoms with E-state index in [-0.39, 0.29) is 61.8 Å². The summed E-state index contributed by atoms with van der Waals surface area (Å²) in [7, 11) is 0. The molecule has 0 aliphatic carbocycles. The molecule has 1 aliphatic rings. The number of anilines is 2. The highest BCUT2D eigenvalue weighted by atomic mass is 19.4. The molecule has 4 aromatic carbocycles. The fourth-order valence-corrected chi connectivity index (χ4v) is 4.76. The first kappa shape index (κ1) is 27.4. The van der Waals surface area contributed by atoms with Crippen LogP contribution in [0, 0.1) is 19.7 Å². The molecule has 0 fully saturated rings. The van der Waals surface area contributed by atoms with Crippen molar-refractivity contribution in [1.29, 1.82) is 0 Å². The minimum Gasteiger partial charge on any atom is -0.505 e. The number of hydrazone groups is 1. The molecule has 1 heterocycles. The fourth-order valence-electron chi connectivity index (χ4n) is 4.76. The van der Waals surface area contributed by atoms with E-state index in [2.05, 4.69) is 15.8 Å². The minimum absolute atomic E-state index is 0.0142. The van der Waals surface area contributed by atoms with Crippen LogP contribution in [0.2, 0.25) is 0 Å². The molecule has 0 saturated heterocycles.